The second-order valence-corrected chi connectivity index (χ2v) is 6.60. The largest absolute Gasteiger partial charge is 0.261 e. The van der Waals surface area contributed by atoms with Gasteiger partial charge in [0, 0.05) is 11.9 Å². The molecule has 0 aliphatic heterocycles. The molecule has 0 saturated carbocycles. The Morgan fingerprint density at radius 1 is 0.818 bits per heavy atom. The zero-order valence-corrected chi connectivity index (χ0v) is 14.0. The van der Waals surface area contributed by atoms with Crippen molar-refractivity contribution in [1.82, 2.24) is 4.98 Å². The fourth-order valence-electron chi connectivity index (χ4n) is 3.12. The first-order chi connectivity index (χ1) is 10.8. The van der Waals surface area contributed by atoms with Gasteiger partial charge in [-0.25, -0.2) is 0 Å². The minimum atomic E-state index is 0.777. The van der Waals surface area contributed by atoms with Crippen LogP contribution < -0.4 is 0 Å². The van der Waals surface area contributed by atoms with Crippen molar-refractivity contribution in [1.29, 1.82) is 0 Å². The van der Waals surface area contributed by atoms with E-state index in [1.165, 1.54) is 43.4 Å². The smallest absolute Gasteiger partial charge is 0.0403 e. The van der Waals surface area contributed by atoms with Gasteiger partial charge in [0.15, 0.2) is 0 Å². The van der Waals surface area contributed by atoms with Gasteiger partial charge in [0.1, 0.15) is 0 Å². The highest BCUT2D eigenvalue weighted by Gasteiger charge is 2.13. The number of pyridine rings is 1. The summed E-state index contributed by atoms with van der Waals surface area (Å²) in [6, 6.07) is 17.1. The molecule has 0 fully saturated rings. The second-order valence-electron chi connectivity index (χ2n) is 6.60. The summed E-state index contributed by atoms with van der Waals surface area (Å²) in [6.07, 6.45) is 9.45. The van der Waals surface area contributed by atoms with Crippen LogP contribution in [0, 0.1) is 11.8 Å². The van der Waals surface area contributed by atoms with Gasteiger partial charge < -0.3 is 0 Å². The van der Waals surface area contributed by atoms with Crippen molar-refractivity contribution < 1.29 is 0 Å². The highest BCUT2D eigenvalue weighted by molar-refractivity contribution is 5.14. The molecule has 1 heterocycles. The number of aromatic nitrogens is 1. The fourth-order valence-corrected chi connectivity index (χ4v) is 3.12. The average molecular weight is 295 g/mol. The van der Waals surface area contributed by atoms with Crippen LogP contribution in [0.1, 0.15) is 50.8 Å². The lowest BCUT2D eigenvalue weighted by Crippen LogP contribution is -2.10. The number of benzene rings is 1. The number of hydrogen-bond donors (Lipinski definition) is 0. The quantitative estimate of drug-likeness (QED) is 0.578. The lowest BCUT2D eigenvalue weighted by atomic mass is 9.85. The summed E-state index contributed by atoms with van der Waals surface area (Å²) in [4.78, 5) is 4.42. The van der Waals surface area contributed by atoms with Gasteiger partial charge in [-0.15, -0.1) is 0 Å². The van der Waals surface area contributed by atoms with Crippen LogP contribution in [0.5, 0.6) is 0 Å². The van der Waals surface area contributed by atoms with E-state index in [0.717, 1.165) is 18.3 Å². The summed E-state index contributed by atoms with van der Waals surface area (Å²) in [5.74, 6) is 1.62. The van der Waals surface area contributed by atoms with Crippen molar-refractivity contribution in [3.63, 3.8) is 0 Å². The van der Waals surface area contributed by atoms with Crippen molar-refractivity contribution in [2.24, 2.45) is 11.8 Å². The molecule has 1 nitrogen and oxygen atoms in total. The molecule has 0 saturated heterocycles. The number of hydrogen-bond acceptors (Lipinski definition) is 1. The Labute approximate surface area is 135 Å². The summed E-state index contributed by atoms with van der Waals surface area (Å²) < 4.78 is 0. The first kappa shape index (κ1) is 16.7. The molecule has 2 aromatic rings. The molecule has 0 aliphatic carbocycles. The van der Waals surface area contributed by atoms with Gasteiger partial charge in [-0.1, -0.05) is 50.2 Å². The van der Waals surface area contributed by atoms with Crippen LogP contribution in [0.2, 0.25) is 0 Å². The van der Waals surface area contributed by atoms with Crippen molar-refractivity contribution in [3.8, 4) is 0 Å². The maximum Gasteiger partial charge on any atom is 0.0403 e. The molecule has 22 heavy (non-hydrogen) atoms. The molecule has 0 aliphatic rings. The van der Waals surface area contributed by atoms with Gasteiger partial charge in [0.2, 0.25) is 0 Å². The molecule has 1 unspecified atom stereocenters. The highest BCUT2D eigenvalue weighted by Crippen LogP contribution is 2.24. The van der Waals surface area contributed by atoms with Crippen molar-refractivity contribution >= 4 is 0 Å². The molecular formula is C21H29N. The standard InChI is InChI=1S/C21H29N/c1-18(2)20(13-8-12-19-10-4-3-5-11-19)14-9-16-21-15-6-7-17-22-21/h3-7,10-11,15,17-18,20H,8-9,12-14,16H2,1-2H3. The van der Waals surface area contributed by atoms with E-state index in [4.69, 9.17) is 0 Å². The predicted octanol–water partition coefficient (Wildman–Crippen LogP) is 5.70. The number of nitrogens with zero attached hydrogens (tertiary/aromatic N) is 1. The summed E-state index contributed by atoms with van der Waals surface area (Å²) in [7, 11) is 0. The molecule has 1 atom stereocenters. The van der Waals surface area contributed by atoms with Crippen molar-refractivity contribution in [3.05, 3.63) is 66.0 Å². The first-order valence-corrected chi connectivity index (χ1v) is 8.69. The Hall–Kier alpha value is -1.63. The van der Waals surface area contributed by atoms with Crippen LogP contribution in [-0.4, -0.2) is 4.98 Å². The number of rotatable bonds is 9. The summed E-state index contributed by atoms with van der Waals surface area (Å²) in [6.45, 7) is 4.74. The Balaban J connectivity index is 1.70. The Kier molecular flexibility index (Phi) is 7.15. The van der Waals surface area contributed by atoms with E-state index in [-0.39, 0.29) is 0 Å². The zero-order chi connectivity index (χ0) is 15.6. The third-order valence-electron chi connectivity index (χ3n) is 4.56. The zero-order valence-electron chi connectivity index (χ0n) is 14.0. The molecule has 0 N–H and O–H groups in total. The van der Waals surface area contributed by atoms with Gasteiger partial charge in [-0.2, -0.15) is 0 Å². The first-order valence-electron chi connectivity index (χ1n) is 8.69. The van der Waals surface area contributed by atoms with E-state index in [9.17, 15) is 0 Å². The second kappa shape index (κ2) is 9.40. The molecular weight excluding hydrogens is 266 g/mol. The van der Waals surface area contributed by atoms with Crippen LogP contribution in [0.4, 0.5) is 0 Å². The summed E-state index contributed by atoms with van der Waals surface area (Å²) in [5.41, 5.74) is 2.70. The molecule has 1 heteroatoms. The normalized spacial score (nSPS) is 12.5. The minimum Gasteiger partial charge on any atom is -0.261 e. The predicted molar refractivity (Wildman–Crippen MR) is 94.9 cm³/mol. The van der Waals surface area contributed by atoms with Gasteiger partial charge in [-0.05, 0) is 68.1 Å². The molecule has 1 aromatic heterocycles. The van der Waals surface area contributed by atoms with E-state index >= 15 is 0 Å². The Morgan fingerprint density at radius 2 is 1.50 bits per heavy atom. The molecule has 1 aromatic carbocycles. The summed E-state index contributed by atoms with van der Waals surface area (Å²) in [5, 5.41) is 0. The third-order valence-corrected chi connectivity index (χ3v) is 4.56. The van der Waals surface area contributed by atoms with Crippen LogP contribution in [0.3, 0.4) is 0 Å². The lowest BCUT2D eigenvalue weighted by Gasteiger charge is -2.20. The monoisotopic (exact) mass is 295 g/mol. The van der Waals surface area contributed by atoms with Crippen molar-refractivity contribution in [2.45, 2.75) is 52.4 Å². The fraction of sp³-hybridized carbons (Fsp3) is 0.476. The maximum atomic E-state index is 4.42. The highest BCUT2D eigenvalue weighted by atomic mass is 14.7. The van der Waals surface area contributed by atoms with E-state index in [1.54, 1.807) is 0 Å². The minimum absolute atomic E-state index is 0.777. The molecule has 0 spiro atoms. The van der Waals surface area contributed by atoms with E-state index in [2.05, 4.69) is 61.3 Å². The lowest BCUT2D eigenvalue weighted by molar-refractivity contribution is 0.321. The van der Waals surface area contributed by atoms with Gasteiger partial charge in [0.05, 0.1) is 0 Å². The summed E-state index contributed by atoms with van der Waals surface area (Å²) >= 11 is 0. The van der Waals surface area contributed by atoms with Gasteiger partial charge in [-0.3, -0.25) is 4.98 Å². The number of aryl methyl sites for hydroxylation is 2. The maximum absolute atomic E-state index is 4.42. The van der Waals surface area contributed by atoms with E-state index < -0.39 is 0 Å². The molecule has 0 radical (unpaired) electrons. The van der Waals surface area contributed by atoms with Gasteiger partial charge in [0.25, 0.3) is 0 Å². The van der Waals surface area contributed by atoms with Crippen molar-refractivity contribution in [2.75, 3.05) is 0 Å². The molecule has 0 amide bonds. The molecule has 2 rings (SSSR count). The van der Waals surface area contributed by atoms with E-state index in [0.29, 0.717) is 0 Å². The van der Waals surface area contributed by atoms with Crippen LogP contribution in [0.15, 0.2) is 54.7 Å². The Morgan fingerprint density at radius 3 is 2.14 bits per heavy atom. The van der Waals surface area contributed by atoms with Crippen LogP contribution in [0.25, 0.3) is 0 Å². The van der Waals surface area contributed by atoms with Crippen LogP contribution >= 0.6 is 0 Å². The third kappa shape index (κ3) is 6.01. The topological polar surface area (TPSA) is 12.9 Å². The molecule has 0 bridgehead atoms. The van der Waals surface area contributed by atoms with E-state index in [1.807, 2.05) is 12.3 Å². The average Bonchev–Trinajstić information content (AvgIpc) is 2.55. The SMILES string of the molecule is CC(C)C(CCCc1ccccc1)CCCc1ccccn1. The molecule has 118 valence electrons. The Bertz CT molecular complexity index is 458. The van der Waals surface area contributed by atoms with Crippen LogP contribution in [-0.2, 0) is 12.8 Å². The van der Waals surface area contributed by atoms with Gasteiger partial charge >= 0.3 is 0 Å².